The molecule has 2 aromatic carbocycles. The number of amides is 2. The smallest absolute Gasteiger partial charge is 0.225 e. The van der Waals surface area contributed by atoms with E-state index < -0.39 is 11.9 Å². The lowest BCUT2D eigenvalue weighted by atomic mass is 10.0. The molecular formula is C19H20ClFN2O2. The first-order chi connectivity index (χ1) is 11.9. The Labute approximate surface area is 151 Å². The minimum absolute atomic E-state index is 0.0614. The second-order valence-corrected chi connectivity index (χ2v) is 6.23. The molecular weight excluding hydrogens is 343 g/mol. The molecule has 132 valence electrons. The highest BCUT2D eigenvalue weighted by Gasteiger charge is 2.20. The van der Waals surface area contributed by atoms with Gasteiger partial charge < -0.3 is 10.2 Å². The highest BCUT2D eigenvalue weighted by Crippen LogP contribution is 2.22. The molecule has 2 rings (SSSR count). The number of halogens is 2. The molecule has 0 aromatic heterocycles. The fourth-order valence-corrected chi connectivity index (χ4v) is 2.74. The Kier molecular flexibility index (Phi) is 6.53. The summed E-state index contributed by atoms with van der Waals surface area (Å²) in [5.74, 6) is -0.892. The molecule has 0 bridgehead atoms. The Bertz CT molecular complexity index is 732. The molecule has 0 radical (unpaired) electrons. The van der Waals surface area contributed by atoms with E-state index in [0.717, 1.165) is 5.56 Å². The highest BCUT2D eigenvalue weighted by molar-refractivity contribution is 6.31. The van der Waals surface area contributed by atoms with Gasteiger partial charge in [0, 0.05) is 31.1 Å². The Morgan fingerprint density at radius 3 is 2.44 bits per heavy atom. The normalized spacial score (nSPS) is 11.7. The summed E-state index contributed by atoms with van der Waals surface area (Å²) in [6.45, 7) is 1.47. The summed E-state index contributed by atoms with van der Waals surface area (Å²) in [4.78, 5) is 25.4. The molecule has 2 aromatic rings. The van der Waals surface area contributed by atoms with Crippen LogP contribution in [0.3, 0.4) is 0 Å². The van der Waals surface area contributed by atoms with Crippen LogP contribution in [0.15, 0.2) is 48.5 Å². The Morgan fingerprint density at radius 1 is 1.16 bits per heavy atom. The molecule has 1 atom stereocenters. The minimum atomic E-state index is -0.450. The first-order valence-corrected chi connectivity index (χ1v) is 8.25. The average Bonchev–Trinajstić information content (AvgIpc) is 2.58. The van der Waals surface area contributed by atoms with Crippen molar-refractivity contribution >= 4 is 23.4 Å². The molecule has 0 fully saturated rings. The van der Waals surface area contributed by atoms with E-state index in [1.54, 1.807) is 13.1 Å². The predicted octanol–water partition coefficient (Wildman–Crippen LogP) is 3.71. The molecule has 0 heterocycles. The van der Waals surface area contributed by atoms with Crippen LogP contribution in [0.25, 0.3) is 0 Å². The van der Waals surface area contributed by atoms with Gasteiger partial charge in [0.25, 0.3) is 0 Å². The third-order valence-electron chi connectivity index (χ3n) is 3.84. The number of nitrogens with zero attached hydrogens (tertiary/aromatic N) is 1. The second-order valence-electron chi connectivity index (χ2n) is 5.82. The monoisotopic (exact) mass is 362 g/mol. The lowest BCUT2D eigenvalue weighted by Crippen LogP contribution is -2.33. The first-order valence-electron chi connectivity index (χ1n) is 7.87. The van der Waals surface area contributed by atoms with E-state index in [2.05, 4.69) is 5.32 Å². The molecule has 0 spiro atoms. The van der Waals surface area contributed by atoms with Gasteiger partial charge in [-0.15, -0.1) is 0 Å². The highest BCUT2D eigenvalue weighted by atomic mass is 35.5. The third kappa shape index (κ3) is 5.29. The summed E-state index contributed by atoms with van der Waals surface area (Å²) in [5.41, 5.74) is 1.11. The van der Waals surface area contributed by atoms with Gasteiger partial charge in [0.05, 0.1) is 12.5 Å². The Morgan fingerprint density at radius 2 is 1.84 bits per heavy atom. The minimum Gasteiger partial charge on any atom is -0.349 e. The van der Waals surface area contributed by atoms with Crippen LogP contribution in [0.1, 0.15) is 30.5 Å². The number of benzene rings is 2. The van der Waals surface area contributed by atoms with Crippen molar-refractivity contribution in [1.82, 2.24) is 10.2 Å². The summed E-state index contributed by atoms with van der Waals surface area (Å²) >= 11 is 6.01. The first kappa shape index (κ1) is 18.9. The van der Waals surface area contributed by atoms with E-state index in [4.69, 9.17) is 11.6 Å². The van der Waals surface area contributed by atoms with Crippen LogP contribution in [0.5, 0.6) is 0 Å². The van der Waals surface area contributed by atoms with Crippen LogP contribution < -0.4 is 5.32 Å². The maximum atomic E-state index is 13.9. The number of hydrogen-bond donors (Lipinski definition) is 1. The zero-order chi connectivity index (χ0) is 18.4. The lowest BCUT2D eigenvalue weighted by molar-refractivity contribution is -0.131. The van der Waals surface area contributed by atoms with E-state index >= 15 is 0 Å². The number of nitrogens with one attached hydrogen (secondary N) is 1. The van der Waals surface area contributed by atoms with Crippen molar-refractivity contribution in [3.05, 3.63) is 70.5 Å². The quantitative estimate of drug-likeness (QED) is 0.851. The van der Waals surface area contributed by atoms with E-state index in [1.807, 2.05) is 30.3 Å². The van der Waals surface area contributed by atoms with Gasteiger partial charge in [-0.1, -0.05) is 48.0 Å². The number of carbonyl (C=O) groups is 2. The summed E-state index contributed by atoms with van der Waals surface area (Å²) < 4.78 is 13.9. The van der Waals surface area contributed by atoms with Gasteiger partial charge in [-0.2, -0.15) is 0 Å². The molecule has 0 aliphatic heterocycles. The zero-order valence-electron chi connectivity index (χ0n) is 14.1. The van der Waals surface area contributed by atoms with Crippen molar-refractivity contribution < 1.29 is 14.0 Å². The maximum absolute atomic E-state index is 13.9. The van der Waals surface area contributed by atoms with Crippen LogP contribution in [0.4, 0.5) is 4.39 Å². The van der Waals surface area contributed by atoms with Gasteiger partial charge in [-0.05, 0) is 17.7 Å². The van der Waals surface area contributed by atoms with Gasteiger partial charge in [0.15, 0.2) is 0 Å². The summed E-state index contributed by atoms with van der Waals surface area (Å²) in [6, 6.07) is 13.2. The van der Waals surface area contributed by atoms with Crippen molar-refractivity contribution in [2.75, 3.05) is 7.05 Å². The van der Waals surface area contributed by atoms with Gasteiger partial charge in [0.1, 0.15) is 5.82 Å². The van der Waals surface area contributed by atoms with Crippen LogP contribution in [0.2, 0.25) is 5.02 Å². The van der Waals surface area contributed by atoms with Crippen molar-refractivity contribution in [2.24, 2.45) is 0 Å². The van der Waals surface area contributed by atoms with Crippen LogP contribution in [-0.4, -0.2) is 23.8 Å². The summed E-state index contributed by atoms with van der Waals surface area (Å²) in [6.07, 6.45) is 0.0756. The van der Waals surface area contributed by atoms with Crippen molar-refractivity contribution in [2.45, 2.75) is 25.9 Å². The Balaban J connectivity index is 2.11. The Hall–Kier alpha value is -2.40. The molecule has 4 nitrogen and oxygen atoms in total. The molecule has 25 heavy (non-hydrogen) atoms. The van der Waals surface area contributed by atoms with Crippen LogP contribution >= 0.6 is 11.6 Å². The molecule has 0 saturated heterocycles. The number of carbonyl (C=O) groups excluding carboxylic acids is 2. The van der Waals surface area contributed by atoms with Crippen molar-refractivity contribution in [3.8, 4) is 0 Å². The van der Waals surface area contributed by atoms with Gasteiger partial charge in [-0.3, -0.25) is 9.59 Å². The van der Waals surface area contributed by atoms with Crippen molar-refractivity contribution in [1.29, 1.82) is 0 Å². The largest absolute Gasteiger partial charge is 0.349 e. The summed E-state index contributed by atoms with van der Waals surface area (Å²) in [7, 11) is 1.58. The van der Waals surface area contributed by atoms with Crippen LogP contribution in [0, 0.1) is 5.82 Å². The number of hydrogen-bond acceptors (Lipinski definition) is 2. The molecule has 1 N–H and O–H groups in total. The fraction of sp³-hybridized carbons (Fsp3) is 0.263. The molecule has 2 amide bonds. The maximum Gasteiger partial charge on any atom is 0.225 e. The SMILES string of the molecule is CC(=O)N[C@@H](CC(=O)N(C)Cc1c(F)cccc1Cl)c1ccccc1. The third-order valence-corrected chi connectivity index (χ3v) is 4.20. The van der Waals surface area contributed by atoms with Gasteiger partial charge in [0.2, 0.25) is 11.8 Å². The van der Waals surface area contributed by atoms with E-state index in [1.165, 1.54) is 24.0 Å². The molecule has 6 heteroatoms. The molecule has 0 unspecified atom stereocenters. The average molecular weight is 363 g/mol. The lowest BCUT2D eigenvalue weighted by Gasteiger charge is -2.23. The summed E-state index contributed by atoms with van der Waals surface area (Å²) in [5, 5.41) is 3.06. The molecule has 0 aliphatic carbocycles. The second kappa shape index (κ2) is 8.62. The van der Waals surface area contributed by atoms with E-state index in [0.29, 0.717) is 0 Å². The topological polar surface area (TPSA) is 49.4 Å². The van der Waals surface area contributed by atoms with E-state index in [-0.39, 0.29) is 35.4 Å². The van der Waals surface area contributed by atoms with Crippen molar-refractivity contribution in [3.63, 3.8) is 0 Å². The number of rotatable bonds is 6. The fourth-order valence-electron chi connectivity index (χ4n) is 2.52. The standard InChI is InChI=1S/C19H20ClFN2O2/c1-13(24)22-18(14-7-4-3-5-8-14)11-19(25)23(2)12-15-16(20)9-6-10-17(15)21/h3-10,18H,11-12H2,1-2H3,(H,22,24)/t18-/m0/s1. The predicted molar refractivity (Wildman–Crippen MR) is 95.5 cm³/mol. The van der Waals surface area contributed by atoms with Gasteiger partial charge >= 0.3 is 0 Å². The molecule has 0 saturated carbocycles. The molecule has 0 aliphatic rings. The zero-order valence-corrected chi connectivity index (χ0v) is 14.9. The van der Waals surface area contributed by atoms with E-state index in [9.17, 15) is 14.0 Å². The van der Waals surface area contributed by atoms with Crippen LogP contribution in [-0.2, 0) is 16.1 Å². The van der Waals surface area contributed by atoms with Gasteiger partial charge in [-0.25, -0.2) is 4.39 Å².